The van der Waals surface area contributed by atoms with Crippen molar-refractivity contribution in [1.29, 1.82) is 0 Å². The van der Waals surface area contributed by atoms with E-state index in [1.165, 1.54) is 41.5 Å². The number of allylic oxidation sites excluding steroid dienone is 1. The van der Waals surface area contributed by atoms with E-state index < -0.39 is 10.9 Å². The van der Waals surface area contributed by atoms with Gasteiger partial charge in [0.1, 0.15) is 5.75 Å². The molecule has 1 saturated carbocycles. The summed E-state index contributed by atoms with van der Waals surface area (Å²) in [4.78, 5) is 22.4. The van der Waals surface area contributed by atoms with Crippen molar-refractivity contribution in [2.75, 3.05) is 0 Å². The molecule has 4 rings (SSSR count). The van der Waals surface area contributed by atoms with Crippen molar-refractivity contribution in [2.45, 2.75) is 11.8 Å². The molecular formula is C24H19NO4. The fourth-order valence-corrected chi connectivity index (χ4v) is 3.80. The molecule has 5 heteroatoms. The molecule has 0 spiro atoms. The molecule has 1 aliphatic carbocycles. The van der Waals surface area contributed by atoms with Crippen molar-refractivity contribution < 1.29 is 14.5 Å². The van der Waals surface area contributed by atoms with E-state index in [2.05, 4.69) is 24.3 Å². The lowest BCUT2D eigenvalue weighted by Crippen LogP contribution is -2.12. The van der Waals surface area contributed by atoms with Gasteiger partial charge in [0.05, 0.1) is 4.92 Å². The number of nitro benzene ring substituents is 1. The molecule has 0 radical (unpaired) electrons. The summed E-state index contributed by atoms with van der Waals surface area (Å²) in [6, 6.07) is 26.0. The van der Waals surface area contributed by atoms with E-state index >= 15 is 0 Å². The Labute approximate surface area is 168 Å². The lowest BCUT2D eigenvalue weighted by molar-refractivity contribution is -0.384. The molecule has 1 aliphatic rings. The van der Waals surface area contributed by atoms with Gasteiger partial charge in [-0.1, -0.05) is 66.7 Å². The Morgan fingerprint density at radius 3 is 2.00 bits per heavy atom. The van der Waals surface area contributed by atoms with Crippen LogP contribution in [0.4, 0.5) is 5.69 Å². The number of hydrogen-bond acceptors (Lipinski definition) is 4. The number of carbonyl (C=O) groups is 1. The van der Waals surface area contributed by atoms with E-state index in [9.17, 15) is 14.9 Å². The molecule has 29 heavy (non-hydrogen) atoms. The van der Waals surface area contributed by atoms with Crippen LogP contribution in [0.2, 0.25) is 0 Å². The molecule has 0 bridgehead atoms. The Kier molecular flexibility index (Phi) is 4.96. The maximum atomic E-state index is 12.2. The lowest BCUT2D eigenvalue weighted by atomic mass is 9.85. The van der Waals surface area contributed by atoms with E-state index in [1.807, 2.05) is 42.5 Å². The molecule has 0 saturated heterocycles. The molecule has 0 amide bonds. The summed E-state index contributed by atoms with van der Waals surface area (Å²) in [7, 11) is 0. The van der Waals surface area contributed by atoms with Crippen LogP contribution in [0.15, 0.2) is 97.1 Å². The molecule has 1 atom stereocenters. The van der Waals surface area contributed by atoms with Gasteiger partial charge in [-0.15, -0.1) is 0 Å². The van der Waals surface area contributed by atoms with E-state index in [4.69, 9.17) is 4.74 Å². The number of rotatable bonds is 6. The highest BCUT2D eigenvalue weighted by Crippen LogP contribution is 2.59. The van der Waals surface area contributed by atoms with Gasteiger partial charge in [0.2, 0.25) is 0 Å². The van der Waals surface area contributed by atoms with Gasteiger partial charge in [0.15, 0.2) is 0 Å². The molecular weight excluding hydrogens is 366 g/mol. The van der Waals surface area contributed by atoms with Crippen LogP contribution in [-0.4, -0.2) is 10.9 Å². The maximum absolute atomic E-state index is 12.2. The first-order chi connectivity index (χ1) is 14.1. The highest BCUT2D eigenvalue weighted by molar-refractivity contribution is 5.84. The van der Waals surface area contributed by atoms with Crippen LogP contribution < -0.4 is 4.74 Å². The zero-order chi connectivity index (χ0) is 20.3. The minimum Gasteiger partial charge on any atom is -0.423 e. The van der Waals surface area contributed by atoms with Gasteiger partial charge in [-0.2, -0.15) is 0 Å². The molecule has 3 aromatic carbocycles. The summed E-state index contributed by atoms with van der Waals surface area (Å²) >= 11 is 0. The molecule has 3 aromatic rings. The van der Waals surface area contributed by atoms with Crippen LogP contribution in [-0.2, 0) is 10.2 Å². The zero-order valence-corrected chi connectivity index (χ0v) is 15.6. The largest absolute Gasteiger partial charge is 0.423 e. The predicted octanol–water partition coefficient (Wildman–Crippen LogP) is 5.06. The Morgan fingerprint density at radius 1 is 0.931 bits per heavy atom. The minimum atomic E-state index is -0.499. The molecule has 0 heterocycles. The molecule has 0 N–H and O–H groups in total. The third kappa shape index (κ3) is 3.80. The minimum absolute atomic E-state index is 0.0474. The van der Waals surface area contributed by atoms with Crippen LogP contribution in [0.5, 0.6) is 5.75 Å². The first kappa shape index (κ1) is 18.6. The second-order valence-corrected chi connectivity index (χ2v) is 7.05. The molecule has 0 aromatic heterocycles. The number of non-ortho nitro benzene ring substituents is 1. The van der Waals surface area contributed by atoms with Crippen LogP contribution in [0.1, 0.15) is 17.5 Å². The van der Waals surface area contributed by atoms with Crippen molar-refractivity contribution in [1.82, 2.24) is 0 Å². The van der Waals surface area contributed by atoms with Crippen molar-refractivity contribution in [2.24, 2.45) is 5.92 Å². The second kappa shape index (κ2) is 7.72. The summed E-state index contributed by atoms with van der Waals surface area (Å²) in [5.41, 5.74) is 2.27. The molecule has 1 fully saturated rings. The normalized spacial score (nSPS) is 17.0. The molecule has 0 unspecified atom stereocenters. The number of hydrogen-bond donors (Lipinski definition) is 0. The van der Waals surface area contributed by atoms with Crippen LogP contribution >= 0.6 is 0 Å². The summed E-state index contributed by atoms with van der Waals surface area (Å²) in [5, 5.41) is 10.7. The third-order valence-corrected chi connectivity index (χ3v) is 5.32. The standard InChI is InChI=1S/C24H19NO4/c26-23(29-22-14-12-21(13-15-22)25(27)28)16-11-20-17-24(20,18-7-3-1-4-8-18)19-9-5-2-6-10-19/h1-16,20H,17H2/b16-11+/t20-/m0/s1. The number of esters is 1. The van der Waals surface area contributed by atoms with Crippen molar-refractivity contribution >= 4 is 11.7 Å². The average Bonchev–Trinajstić information content (AvgIpc) is 3.50. The lowest BCUT2D eigenvalue weighted by Gasteiger charge is -2.18. The quantitative estimate of drug-likeness (QED) is 0.195. The van der Waals surface area contributed by atoms with E-state index in [-0.39, 0.29) is 22.8 Å². The van der Waals surface area contributed by atoms with Gasteiger partial charge in [-0.05, 0) is 35.6 Å². The fraction of sp³-hybridized carbons (Fsp3) is 0.125. The van der Waals surface area contributed by atoms with Crippen LogP contribution in [0.25, 0.3) is 0 Å². The Bertz CT molecular complexity index is 1000. The topological polar surface area (TPSA) is 69.4 Å². The van der Waals surface area contributed by atoms with Gasteiger partial charge < -0.3 is 4.74 Å². The highest BCUT2D eigenvalue weighted by atomic mass is 16.6. The summed E-state index contributed by atoms with van der Waals surface area (Å²) in [6.07, 6.45) is 4.26. The van der Waals surface area contributed by atoms with Gasteiger partial charge in [0.25, 0.3) is 5.69 Å². The number of carbonyl (C=O) groups excluding carboxylic acids is 1. The van der Waals surface area contributed by atoms with E-state index in [0.717, 1.165) is 6.42 Å². The molecule has 0 aliphatic heterocycles. The number of benzene rings is 3. The van der Waals surface area contributed by atoms with Crippen molar-refractivity contribution in [3.63, 3.8) is 0 Å². The van der Waals surface area contributed by atoms with Crippen LogP contribution in [0.3, 0.4) is 0 Å². The van der Waals surface area contributed by atoms with E-state index in [1.54, 1.807) is 0 Å². The zero-order valence-electron chi connectivity index (χ0n) is 15.6. The second-order valence-electron chi connectivity index (χ2n) is 7.05. The first-order valence-corrected chi connectivity index (χ1v) is 9.35. The summed E-state index contributed by atoms with van der Waals surface area (Å²) in [6.45, 7) is 0. The number of ether oxygens (including phenoxy) is 1. The van der Waals surface area contributed by atoms with Gasteiger partial charge >= 0.3 is 5.97 Å². The molecule has 5 nitrogen and oxygen atoms in total. The smallest absolute Gasteiger partial charge is 0.335 e. The number of nitro groups is 1. The Hall–Kier alpha value is -3.73. The Balaban J connectivity index is 1.49. The summed E-state index contributed by atoms with van der Waals surface area (Å²) in [5.74, 6) is -0.0316. The van der Waals surface area contributed by atoms with Gasteiger partial charge in [-0.25, -0.2) is 4.79 Å². The number of nitrogens with zero attached hydrogens (tertiary/aromatic N) is 1. The maximum Gasteiger partial charge on any atom is 0.335 e. The predicted molar refractivity (Wildman–Crippen MR) is 110 cm³/mol. The first-order valence-electron chi connectivity index (χ1n) is 9.35. The third-order valence-electron chi connectivity index (χ3n) is 5.32. The van der Waals surface area contributed by atoms with Gasteiger partial charge in [0, 0.05) is 23.6 Å². The Morgan fingerprint density at radius 2 is 1.48 bits per heavy atom. The van der Waals surface area contributed by atoms with Gasteiger partial charge in [-0.3, -0.25) is 10.1 Å². The monoisotopic (exact) mass is 385 g/mol. The molecule has 144 valence electrons. The fourth-order valence-electron chi connectivity index (χ4n) is 3.80. The highest BCUT2D eigenvalue weighted by Gasteiger charge is 2.54. The summed E-state index contributed by atoms with van der Waals surface area (Å²) < 4.78 is 5.26. The SMILES string of the molecule is O=C(/C=C/[C@H]1CC1(c1ccccc1)c1ccccc1)Oc1ccc([N+](=O)[O-])cc1. The average molecular weight is 385 g/mol. The van der Waals surface area contributed by atoms with E-state index in [0.29, 0.717) is 0 Å². The van der Waals surface area contributed by atoms with Crippen molar-refractivity contribution in [3.8, 4) is 5.75 Å². The van der Waals surface area contributed by atoms with Crippen molar-refractivity contribution in [3.05, 3.63) is 118 Å². The van der Waals surface area contributed by atoms with Crippen LogP contribution in [0, 0.1) is 16.0 Å².